The van der Waals surface area contributed by atoms with Crippen molar-refractivity contribution in [1.82, 2.24) is 10.2 Å². The van der Waals surface area contributed by atoms with E-state index in [9.17, 15) is 0 Å². The van der Waals surface area contributed by atoms with Crippen LogP contribution in [-0.2, 0) is 0 Å². The molecule has 0 spiro atoms. The number of terminal acetylenes is 1. The van der Waals surface area contributed by atoms with E-state index in [2.05, 4.69) is 21.4 Å². The maximum atomic E-state index is 5.78. The Morgan fingerprint density at radius 3 is 2.69 bits per heavy atom. The molecule has 0 bridgehead atoms. The number of hydrogen-bond acceptors (Lipinski definition) is 3. The number of nitrogens with zero attached hydrogens (tertiary/aromatic N) is 2. The van der Waals surface area contributed by atoms with Gasteiger partial charge in [0.25, 0.3) is 0 Å². The van der Waals surface area contributed by atoms with Gasteiger partial charge in [0.1, 0.15) is 0 Å². The quantitative estimate of drug-likeness (QED) is 0.732. The third kappa shape index (κ3) is 2.10. The van der Waals surface area contributed by atoms with Crippen molar-refractivity contribution in [2.45, 2.75) is 13.8 Å². The largest absolute Gasteiger partial charge is 0.357 e. The Kier molecular flexibility index (Phi) is 3.10. The summed E-state index contributed by atoms with van der Waals surface area (Å²) in [7, 11) is 0. The first-order chi connectivity index (χ1) is 6.16. The third-order valence-electron chi connectivity index (χ3n) is 1.82. The first-order valence-electron chi connectivity index (χ1n) is 3.83. The second kappa shape index (κ2) is 4.11. The van der Waals surface area contributed by atoms with Crippen molar-refractivity contribution in [3.8, 4) is 12.3 Å². The van der Waals surface area contributed by atoms with Crippen molar-refractivity contribution in [3.05, 3.63) is 16.3 Å². The fourth-order valence-electron chi connectivity index (χ4n) is 0.879. The average molecular weight is 196 g/mol. The minimum Gasteiger partial charge on any atom is -0.357 e. The third-order valence-corrected chi connectivity index (χ3v) is 2.18. The lowest BCUT2D eigenvalue weighted by atomic mass is 10.2. The molecule has 1 N–H and O–H groups in total. The number of anilines is 1. The van der Waals surface area contributed by atoms with Crippen LogP contribution in [0.2, 0.25) is 5.15 Å². The topological polar surface area (TPSA) is 37.8 Å². The zero-order valence-electron chi connectivity index (χ0n) is 7.56. The first kappa shape index (κ1) is 9.82. The van der Waals surface area contributed by atoms with E-state index in [1.54, 1.807) is 0 Å². The van der Waals surface area contributed by atoms with Crippen LogP contribution < -0.4 is 5.32 Å². The van der Waals surface area contributed by atoms with E-state index in [1.165, 1.54) is 0 Å². The number of nitrogens with one attached hydrogen (secondary N) is 1. The standard InChI is InChI=1S/C9H10ClN3/c1-4-5-11-9-7(3)6(2)8(10)12-13-9/h1H,5H2,2-3H3,(H,11,13). The van der Waals surface area contributed by atoms with Gasteiger partial charge in [-0.15, -0.1) is 16.6 Å². The lowest BCUT2D eigenvalue weighted by molar-refractivity contribution is 0.991. The number of aromatic nitrogens is 2. The summed E-state index contributed by atoms with van der Waals surface area (Å²) in [6.07, 6.45) is 5.11. The van der Waals surface area contributed by atoms with Gasteiger partial charge in [-0.2, -0.15) is 0 Å². The summed E-state index contributed by atoms with van der Waals surface area (Å²) in [5, 5.41) is 11.1. The van der Waals surface area contributed by atoms with Gasteiger partial charge in [-0.25, -0.2) is 0 Å². The zero-order chi connectivity index (χ0) is 9.84. The summed E-state index contributed by atoms with van der Waals surface area (Å²) in [5.41, 5.74) is 1.91. The molecular formula is C9H10ClN3. The smallest absolute Gasteiger partial charge is 0.155 e. The van der Waals surface area contributed by atoms with Gasteiger partial charge in [-0.05, 0) is 25.0 Å². The van der Waals surface area contributed by atoms with Crippen LogP contribution in [-0.4, -0.2) is 16.7 Å². The SMILES string of the molecule is C#CCNc1nnc(Cl)c(C)c1C. The molecule has 0 saturated heterocycles. The van der Waals surface area contributed by atoms with Crippen molar-refractivity contribution >= 4 is 17.4 Å². The number of hydrogen-bond donors (Lipinski definition) is 1. The Labute approximate surface area is 82.5 Å². The van der Waals surface area contributed by atoms with Crippen molar-refractivity contribution in [2.24, 2.45) is 0 Å². The minimum absolute atomic E-state index is 0.434. The van der Waals surface area contributed by atoms with Crippen LogP contribution in [0.3, 0.4) is 0 Å². The highest BCUT2D eigenvalue weighted by Crippen LogP contribution is 2.19. The van der Waals surface area contributed by atoms with Crippen molar-refractivity contribution in [1.29, 1.82) is 0 Å². The van der Waals surface area contributed by atoms with Gasteiger partial charge in [-0.1, -0.05) is 17.5 Å². The molecule has 68 valence electrons. The molecule has 13 heavy (non-hydrogen) atoms. The van der Waals surface area contributed by atoms with Crippen molar-refractivity contribution < 1.29 is 0 Å². The lowest BCUT2D eigenvalue weighted by Crippen LogP contribution is -2.05. The average Bonchev–Trinajstić information content (AvgIpc) is 2.13. The summed E-state index contributed by atoms with van der Waals surface area (Å²) >= 11 is 5.78. The van der Waals surface area contributed by atoms with E-state index in [0.29, 0.717) is 17.5 Å². The molecule has 0 radical (unpaired) electrons. The molecule has 0 aliphatic heterocycles. The predicted molar refractivity (Wildman–Crippen MR) is 53.8 cm³/mol. The second-order valence-electron chi connectivity index (χ2n) is 2.65. The van der Waals surface area contributed by atoms with Gasteiger partial charge in [-0.3, -0.25) is 0 Å². The summed E-state index contributed by atoms with van der Waals surface area (Å²) in [5.74, 6) is 3.16. The van der Waals surface area contributed by atoms with Crippen LogP contribution >= 0.6 is 11.6 Å². The van der Waals surface area contributed by atoms with Crippen LogP contribution in [0, 0.1) is 26.2 Å². The minimum atomic E-state index is 0.434. The highest BCUT2D eigenvalue weighted by Gasteiger charge is 2.06. The Hall–Kier alpha value is -1.27. The fourth-order valence-corrected chi connectivity index (χ4v) is 1.06. The first-order valence-corrected chi connectivity index (χ1v) is 4.21. The fraction of sp³-hybridized carbons (Fsp3) is 0.333. The Morgan fingerprint density at radius 1 is 1.38 bits per heavy atom. The number of rotatable bonds is 2. The molecular weight excluding hydrogens is 186 g/mol. The van der Waals surface area contributed by atoms with E-state index in [1.807, 2.05) is 13.8 Å². The summed E-state index contributed by atoms with van der Waals surface area (Å²) in [4.78, 5) is 0. The molecule has 0 aliphatic carbocycles. The highest BCUT2D eigenvalue weighted by molar-refractivity contribution is 6.30. The molecule has 1 aromatic rings. The van der Waals surface area contributed by atoms with Gasteiger partial charge in [0, 0.05) is 0 Å². The highest BCUT2D eigenvalue weighted by atomic mass is 35.5. The van der Waals surface area contributed by atoms with Gasteiger partial charge in [0.2, 0.25) is 0 Å². The van der Waals surface area contributed by atoms with Gasteiger partial charge in [0.15, 0.2) is 11.0 Å². The van der Waals surface area contributed by atoms with Crippen LogP contribution in [0.4, 0.5) is 5.82 Å². The van der Waals surface area contributed by atoms with E-state index in [-0.39, 0.29) is 0 Å². The molecule has 0 aromatic carbocycles. The van der Waals surface area contributed by atoms with Gasteiger partial charge >= 0.3 is 0 Å². The molecule has 0 aliphatic rings. The molecule has 0 unspecified atom stereocenters. The Morgan fingerprint density at radius 2 is 2.08 bits per heavy atom. The molecule has 0 saturated carbocycles. The van der Waals surface area contributed by atoms with E-state index in [0.717, 1.165) is 11.1 Å². The molecule has 4 heteroatoms. The van der Waals surface area contributed by atoms with Crippen LogP contribution in [0.25, 0.3) is 0 Å². The van der Waals surface area contributed by atoms with Crippen molar-refractivity contribution in [2.75, 3.05) is 11.9 Å². The maximum Gasteiger partial charge on any atom is 0.155 e. The van der Waals surface area contributed by atoms with Crippen LogP contribution in [0.15, 0.2) is 0 Å². The van der Waals surface area contributed by atoms with Crippen LogP contribution in [0.1, 0.15) is 11.1 Å². The van der Waals surface area contributed by atoms with E-state index < -0.39 is 0 Å². The zero-order valence-corrected chi connectivity index (χ0v) is 8.31. The predicted octanol–water partition coefficient (Wildman–Crippen LogP) is 1.79. The molecule has 0 atom stereocenters. The Balaban J connectivity index is 2.98. The molecule has 3 nitrogen and oxygen atoms in total. The molecule has 1 heterocycles. The van der Waals surface area contributed by atoms with Crippen LogP contribution in [0.5, 0.6) is 0 Å². The summed E-state index contributed by atoms with van der Waals surface area (Å²) < 4.78 is 0. The normalized spacial score (nSPS) is 9.38. The number of halogens is 1. The van der Waals surface area contributed by atoms with E-state index in [4.69, 9.17) is 18.0 Å². The van der Waals surface area contributed by atoms with E-state index >= 15 is 0 Å². The molecule has 0 amide bonds. The lowest BCUT2D eigenvalue weighted by Gasteiger charge is -2.07. The van der Waals surface area contributed by atoms with Crippen molar-refractivity contribution in [3.63, 3.8) is 0 Å². The van der Waals surface area contributed by atoms with Gasteiger partial charge < -0.3 is 5.32 Å². The second-order valence-corrected chi connectivity index (χ2v) is 3.01. The molecule has 0 fully saturated rings. The summed E-state index contributed by atoms with van der Waals surface area (Å²) in [6, 6.07) is 0. The van der Waals surface area contributed by atoms with Gasteiger partial charge in [0.05, 0.1) is 6.54 Å². The Bertz CT molecular complexity index is 355. The molecule has 1 rings (SSSR count). The monoisotopic (exact) mass is 195 g/mol. The summed E-state index contributed by atoms with van der Waals surface area (Å²) in [6.45, 7) is 4.26. The maximum absolute atomic E-state index is 5.78. The molecule has 1 aromatic heterocycles.